The molecule has 2 N–H and O–H groups in total. The first-order valence-electron chi connectivity index (χ1n) is 5.58. The van der Waals surface area contributed by atoms with Crippen molar-refractivity contribution in [3.05, 3.63) is 17.0 Å². The summed E-state index contributed by atoms with van der Waals surface area (Å²) in [5.41, 5.74) is 7.52. The van der Waals surface area contributed by atoms with Crippen molar-refractivity contribution < 1.29 is 9.32 Å². The molecule has 0 spiro atoms. The van der Waals surface area contributed by atoms with Crippen LogP contribution in [0.3, 0.4) is 0 Å². The number of aromatic nitrogens is 1. The van der Waals surface area contributed by atoms with E-state index in [1.807, 2.05) is 18.7 Å². The topological polar surface area (TPSA) is 72.4 Å². The Morgan fingerprint density at radius 2 is 2.38 bits per heavy atom. The fourth-order valence-electron chi connectivity index (χ4n) is 1.98. The molecule has 0 saturated heterocycles. The number of fused-ring (bicyclic) bond motifs is 1. The number of nitrogens with zero attached hydrogens (tertiary/aromatic N) is 2. The van der Waals surface area contributed by atoms with Crippen molar-refractivity contribution in [1.29, 1.82) is 0 Å². The van der Waals surface area contributed by atoms with Crippen LogP contribution in [0.2, 0.25) is 0 Å². The van der Waals surface area contributed by atoms with Gasteiger partial charge in [0.15, 0.2) is 5.76 Å². The molecule has 5 heteroatoms. The molecule has 1 amide bonds. The van der Waals surface area contributed by atoms with E-state index in [9.17, 15) is 4.79 Å². The third kappa shape index (κ3) is 1.82. The van der Waals surface area contributed by atoms with Gasteiger partial charge in [-0.05, 0) is 0 Å². The molecule has 0 saturated carbocycles. The Bertz CT molecular complexity index is 384. The summed E-state index contributed by atoms with van der Waals surface area (Å²) in [5, 5.41) is 3.97. The van der Waals surface area contributed by atoms with Crippen LogP contribution < -0.4 is 5.73 Å². The van der Waals surface area contributed by atoms with E-state index in [0.717, 1.165) is 24.2 Å². The largest absolute Gasteiger partial charge is 0.359 e. The van der Waals surface area contributed by atoms with Gasteiger partial charge in [0.05, 0.1) is 18.8 Å². The van der Waals surface area contributed by atoms with Crippen LogP contribution in [0.25, 0.3) is 0 Å². The highest BCUT2D eigenvalue weighted by molar-refractivity contribution is 5.78. The lowest BCUT2D eigenvalue weighted by molar-refractivity contribution is -0.135. The van der Waals surface area contributed by atoms with Crippen molar-refractivity contribution in [2.45, 2.75) is 33.4 Å². The zero-order chi connectivity index (χ0) is 11.7. The Labute approximate surface area is 94.6 Å². The number of amides is 1. The molecule has 5 nitrogen and oxygen atoms in total. The molecule has 88 valence electrons. The van der Waals surface area contributed by atoms with Gasteiger partial charge in [-0.1, -0.05) is 19.0 Å². The monoisotopic (exact) mass is 223 g/mol. The van der Waals surface area contributed by atoms with E-state index in [-0.39, 0.29) is 11.8 Å². The zero-order valence-corrected chi connectivity index (χ0v) is 9.69. The van der Waals surface area contributed by atoms with Crippen molar-refractivity contribution in [3.8, 4) is 0 Å². The molecule has 1 aromatic rings. The van der Waals surface area contributed by atoms with Crippen LogP contribution in [-0.2, 0) is 24.3 Å². The van der Waals surface area contributed by atoms with Gasteiger partial charge in [-0.25, -0.2) is 0 Å². The molecule has 0 aromatic carbocycles. The number of hydrogen-bond acceptors (Lipinski definition) is 4. The molecule has 1 aliphatic heterocycles. The smallest absolute Gasteiger partial charge is 0.225 e. The first-order chi connectivity index (χ1) is 7.63. The van der Waals surface area contributed by atoms with Gasteiger partial charge in [0.2, 0.25) is 5.91 Å². The van der Waals surface area contributed by atoms with Crippen molar-refractivity contribution in [1.82, 2.24) is 10.1 Å². The Hall–Kier alpha value is -1.36. The lowest BCUT2D eigenvalue weighted by Crippen LogP contribution is -2.38. The van der Waals surface area contributed by atoms with Gasteiger partial charge in [-0.3, -0.25) is 4.79 Å². The average molecular weight is 223 g/mol. The van der Waals surface area contributed by atoms with Crippen LogP contribution in [-0.4, -0.2) is 22.5 Å². The third-order valence-corrected chi connectivity index (χ3v) is 2.91. The lowest BCUT2D eigenvalue weighted by atomic mass is 10.0. The van der Waals surface area contributed by atoms with Gasteiger partial charge in [0.25, 0.3) is 0 Å². The summed E-state index contributed by atoms with van der Waals surface area (Å²) >= 11 is 0. The van der Waals surface area contributed by atoms with Gasteiger partial charge >= 0.3 is 0 Å². The van der Waals surface area contributed by atoms with Crippen molar-refractivity contribution >= 4 is 5.91 Å². The van der Waals surface area contributed by atoms with E-state index in [2.05, 4.69) is 5.16 Å². The maximum atomic E-state index is 11.9. The van der Waals surface area contributed by atoms with E-state index >= 15 is 0 Å². The maximum absolute atomic E-state index is 11.9. The van der Waals surface area contributed by atoms with E-state index in [0.29, 0.717) is 18.8 Å². The Kier molecular flexibility index (Phi) is 2.96. The van der Waals surface area contributed by atoms with Gasteiger partial charge < -0.3 is 15.2 Å². The highest BCUT2D eigenvalue weighted by atomic mass is 16.5. The fourth-order valence-corrected chi connectivity index (χ4v) is 1.98. The Balaban J connectivity index is 2.19. The van der Waals surface area contributed by atoms with Crippen LogP contribution in [0, 0.1) is 5.92 Å². The first-order valence-corrected chi connectivity index (χ1v) is 5.58. The van der Waals surface area contributed by atoms with Crippen molar-refractivity contribution in [3.63, 3.8) is 0 Å². The first kappa shape index (κ1) is 11.1. The Morgan fingerprint density at radius 1 is 1.62 bits per heavy atom. The minimum Gasteiger partial charge on any atom is -0.359 e. The number of rotatable bonds is 2. The molecule has 0 unspecified atom stereocenters. The highest BCUT2D eigenvalue weighted by Crippen LogP contribution is 2.22. The second-order valence-electron chi connectivity index (χ2n) is 4.40. The number of hydrogen-bond donors (Lipinski definition) is 1. The SMILES string of the molecule is CC(C)C(=O)N1CCc2noc(CN)c2C1. The van der Waals surface area contributed by atoms with E-state index in [4.69, 9.17) is 10.3 Å². The van der Waals surface area contributed by atoms with Crippen LogP contribution in [0.5, 0.6) is 0 Å². The summed E-state index contributed by atoms with van der Waals surface area (Å²) in [5.74, 6) is 0.911. The van der Waals surface area contributed by atoms with Gasteiger partial charge in [0, 0.05) is 24.4 Å². The molecule has 2 rings (SSSR count). The van der Waals surface area contributed by atoms with Crippen molar-refractivity contribution in [2.24, 2.45) is 11.7 Å². The number of carbonyl (C=O) groups excluding carboxylic acids is 1. The van der Waals surface area contributed by atoms with Crippen molar-refractivity contribution in [2.75, 3.05) is 6.54 Å². The summed E-state index contributed by atoms with van der Waals surface area (Å²) in [6, 6.07) is 0. The predicted octanol–water partition coefficient (Wildman–Crippen LogP) is 0.674. The number of nitrogens with two attached hydrogens (primary N) is 1. The summed E-state index contributed by atoms with van der Waals surface area (Å²) in [6.45, 7) is 5.47. The minimum atomic E-state index is 0.0303. The van der Waals surface area contributed by atoms with E-state index in [1.54, 1.807) is 0 Å². The van der Waals surface area contributed by atoms with Crippen LogP contribution in [0.15, 0.2) is 4.52 Å². The van der Waals surface area contributed by atoms with Crippen LogP contribution in [0.4, 0.5) is 0 Å². The van der Waals surface area contributed by atoms with Crippen LogP contribution in [0.1, 0.15) is 30.9 Å². The van der Waals surface area contributed by atoms with Gasteiger partial charge in [-0.15, -0.1) is 0 Å². The molecule has 0 radical (unpaired) electrons. The zero-order valence-electron chi connectivity index (χ0n) is 9.69. The molecule has 1 aromatic heterocycles. The van der Waals surface area contributed by atoms with Crippen LogP contribution >= 0.6 is 0 Å². The summed E-state index contributed by atoms with van der Waals surface area (Å²) in [6.07, 6.45) is 0.761. The van der Waals surface area contributed by atoms with E-state index < -0.39 is 0 Å². The predicted molar refractivity (Wildman–Crippen MR) is 58.4 cm³/mol. The van der Waals surface area contributed by atoms with Gasteiger partial charge in [-0.2, -0.15) is 0 Å². The highest BCUT2D eigenvalue weighted by Gasteiger charge is 2.27. The molecule has 2 heterocycles. The summed E-state index contributed by atoms with van der Waals surface area (Å²) in [4.78, 5) is 13.7. The second kappa shape index (κ2) is 4.25. The molecule has 0 fully saturated rings. The molecule has 0 atom stereocenters. The molecular formula is C11H17N3O2. The fraction of sp³-hybridized carbons (Fsp3) is 0.636. The molecule has 1 aliphatic rings. The van der Waals surface area contributed by atoms with E-state index in [1.165, 1.54) is 0 Å². The standard InChI is InChI=1S/C11H17N3O2/c1-7(2)11(15)14-4-3-9-8(6-14)10(5-12)16-13-9/h7H,3-6,12H2,1-2H3. The second-order valence-corrected chi connectivity index (χ2v) is 4.40. The maximum Gasteiger partial charge on any atom is 0.225 e. The lowest BCUT2D eigenvalue weighted by Gasteiger charge is -2.27. The molecular weight excluding hydrogens is 206 g/mol. The molecule has 0 bridgehead atoms. The number of carbonyl (C=O) groups is 1. The quantitative estimate of drug-likeness (QED) is 0.800. The summed E-state index contributed by atoms with van der Waals surface area (Å²) < 4.78 is 5.14. The minimum absolute atomic E-state index is 0.0303. The molecule has 16 heavy (non-hydrogen) atoms. The van der Waals surface area contributed by atoms with Gasteiger partial charge in [0.1, 0.15) is 0 Å². The normalized spacial score (nSPS) is 15.4. The Morgan fingerprint density at radius 3 is 3.00 bits per heavy atom. The average Bonchev–Trinajstić information content (AvgIpc) is 2.69. The molecule has 0 aliphatic carbocycles. The summed E-state index contributed by atoms with van der Waals surface area (Å²) in [7, 11) is 0. The third-order valence-electron chi connectivity index (χ3n) is 2.91.